The Bertz CT molecular complexity index is 544. The van der Waals surface area contributed by atoms with Crippen LogP contribution < -0.4 is 0 Å². The fraction of sp³-hybridized carbons (Fsp3) is 0.316. The van der Waals surface area contributed by atoms with Gasteiger partial charge in [0, 0.05) is 6.42 Å². The standard InChI is InChI=1S/C19H24O4/c1-3-18(22-14-8-7-11-19(20)21)13-12-16(2)23-15-17-9-5-4-6-10-17/h3-6,9-10,12-13H,1,7-8,11,14-15H2,2H3,(H,20,21)/b16-12+,18-13+. The molecule has 0 aromatic heterocycles. The summed E-state index contributed by atoms with van der Waals surface area (Å²) in [5.41, 5.74) is 1.11. The molecular weight excluding hydrogens is 292 g/mol. The number of carbonyl (C=O) groups is 1. The molecule has 0 aliphatic carbocycles. The molecule has 4 heteroatoms. The predicted octanol–water partition coefficient (Wildman–Crippen LogP) is 4.45. The van der Waals surface area contributed by atoms with Crippen LogP contribution in [0.3, 0.4) is 0 Å². The second-order valence-corrected chi connectivity index (χ2v) is 5.02. The van der Waals surface area contributed by atoms with Crippen LogP contribution in [0, 0.1) is 0 Å². The number of ether oxygens (including phenoxy) is 2. The Morgan fingerprint density at radius 3 is 2.57 bits per heavy atom. The van der Waals surface area contributed by atoms with Crippen LogP contribution in [0.15, 0.2) is 66.7 Å². The quantitative estimate of drug-likeness (QED) is 0.372. The van der Waals surface area contributed by atoms with Crippen LogP contribution in [0.4, 0.5) is 0 Å². The Labute approximate surface area is 137 Å². The van der Waals surface area contributed by atoms with Crippen molar-refractivity contribution in [1.82, 2.24) is 0 Å². The molecular formula is C19H24O4. The summed E-state index contributed by atoms with van der Waals surface area (Å²) in [5, 5.41) is 8.56. The molecule has 23 heavy (non-hydrogen) atoms. The first-order chi connectivity index (χ1) is 11.1. The van der Waals surface area contributed by atoms with Gasteiger partial charge in [0.25, 0.3) is 0 Å². The number of rotatable bonds is 11. The second kappa shape index (κ2) is 11.1. The highest BCUT2D eigenvalue weighted by Gasteiger charge is 1.98. The lowest BCUT2D eigenvalue weighted by Gasteiger charge is -2.07. The van der Waals surface area contributed by atoms with E-state index in [0.29, 0.717) is 31.8 Å². The van der Waals surface area contributed by atoms with E-state index in [-0.39, 0.29) is 6.42 Å². The summed E-state index contributed by atoms with van der Waals surface area (Å²) in [6, 6.07) is 9.95. The molecule has 0 unspecified atom stereocenters. The SMILES string of the molecule is C=C/C(=C\C=C(/C)OCc1ccccc1)OCCCCC(=O)O. The third-order valence-corrected chi connectivity index (χ3v) is 3.05. The highest BCUT2D eigenvalue weighted by atomic mass is 16.5. The molecule has 1 rings (SSSR count). The van der Waals surface area contributed by atoms with Crippen LogP contribution in [0.5, 0.6) is 0 Å². The van der Waals surface area contributed by atoms with Crippen molar-refractivity contribution < 1.29 is 19.4 Å². The van der Waals surface area contributed by atoms with Crippen molar-refractivity contribution >= 4 is 5.97 Å². The Morgan fingerprint density at radius 2 is 1.91 bits per heavy atom. The fourth-order valence-corrected chi connectivity index (χ4v) is 1.76. The minimum absolute atomic E-state index is 0.169. The van der Waals surface area contributed by atoms with Crippen LogP contribution in [0.2, 0.25) is 0 Å². The van der Waals surface area contributed by atoms with Crippen molar-refractivity contribution in [2.45, 2.75) is 32.8 Å². The van der Waals surface area contributed by atoms with Gasteiger partial charge in [-0.25, -0.2) is 0 Å². The molecule has 1 aromatic carbocycles. The minimum Gasteiger partial charge on any atom is -0.494 e. The van der Waals surface area contributed by atoms with Gasteiger partial charge in [-0.3, -0.25) is 4.79 Å². The first-order valence-electron chi connectivity index (χ1n) is 7.64. The van der Waals surface area contributed by atoms with E-state index in [1.165, 1.54) is 0 Å². The Kier molecular flexibility index (Phi) is 8.98. The average Bonchev–Trinajstić information content (AvgIpc) is 2.56. The maximum absolute atomic E-state index is 10.4. The Balaban J connectivity index is 2.35. The number of carboxylic acids is 1. The van der Waals surface area contributed by atoms with E-state index in [1.807, 2.05) is 43.3 Å². The van der Waals surface area contributed by atoms with Crippen molar-refractivity contribution in [3.05, 3.63) is 72.2 Å². The van der Waals surface area contributed by atoms with Gasteiger partial charge in [0.1, 0.15) is 12.4 Å². The summed E-state index contributed by atoms with van der Waals surface area (Å²) in [6.45, 7) is 6.58. The molecule has 0 radical (unpaired) electrons. The minimum atomic E-state index is -0.779. The van der Waals surface area contributed by atoms with Crippen molar-refractivity contribution in [3.63, 3.8) is 0 Å². The topological polar surface area (TPSA) is 55.8 Å². The molecule has 0 saturated carbocycles. The zero-order valence-electron chi connectivity index (χ0n) is 13.5. The number of carboxylic acid groups (broad SMARTS) is 1. The van der Waals surface area contributed by atoms with Gasteiger partial charge in [0.05, 0.1) is 12.4 Å². The molecule has 0 aliphatic heterocycles. The molecule has 0 atom stereocenters. The highest BCUT2D eigenvalue weighted by molar-refractivity contribution is 5.66. The second-order valence-electron chi connectivity index (χ2n) is 5.02. The third-order valence-electron chi connectivity index (χ3n) is 3.05. The average molecular weight is 316 g/mol. The summed E-state index contributed by atoms with van der Waals surface area (Å²) in [5.74, 6) is 0.643. The normalized spacial score (nSPS) is 11.9. The van der Waals surface area contributed by atoms with Crippen molar-refractivity contribution in [1.29, 1.82) is 0 Å². The lowest BCUT2D eigenvalue weighted by Crippen LogP contribution is -1.97. The third kappa shape index (κ3) is 9.19. The predicted molar refractivity (Wildman–Crippen MR) is 90.7 cm³/mol. The van der Waals surface area contributed by atoms with Crippen LogP contribution in [0.1, 0.15) is 31.7 Å². The van der Waals surface area contributed by atoms with Crippen LogP contribution in [-0.4, -0.2) is 17.7 Å². The van der Waals surface area contributed by atoms with Gasteiger partial charge in [-0.15, -0.1) is 0 Å². The Hall–Kier alpha value is -2.49. The summed E-state index contributed by atoms with van der Waals surface area (Å²) >= 11 is 0. The van der Waals surface area contributed by atoms with E-state index >= 15 is 0 Å². The van der Waals surface area contributed by atoms with E-state index in [4.69, 9.17) is 14.6 Å². The van der Waals surface area contributed by atoms with E-state index in [2.05, 4.69) is 6.58 Å². The van der Waals surface area contributed by atoms with Gasteiger partial charge in [0.15, 0.2) is 0 Å². The van der Waals surface area contributed by atoms with Crippen LogP contribution in [-0.2, 0) is 20.9 Å². The number of allylic oxidation sites excluding steroid dienone is 4. The molecule has 1 N–H and O–H groups in total. The van der Waals surface area contributed by atoms with Gasteiger partial charge >= 0.3 is 5.97 Å². The molecule has 0 heterocycles. The lowest BCUT2D eigenvalue weighted by molar-refractivity contribution is -0.137. The maximum Gasteiger partial charge on any atom is 0.303 e. The van der Waals surface area contributed by atoms with Gasteiger partial charge in [0.2, 0.25) is 0 Å². The molecule has 0 aliphatic rings. The molecule has 124 valence electrons. The number of benzene rings is 1. The van der Waals surface area contributed by atoms with E-state index < -0.39 is 5.97 Å². The Morgan fingerprint density at radius 1 is 1.17 bits per heavy atom. The summed E-state index contributed by atoms with van der Waals surface area (Å²) in [7, 11) is 0. The van der Waals surface area contributed by atoms with Crippen LogP contribution in [0.25, 0.3) is 0 Å². The monoisotopic (exact) mass is 316 g/mol. The van der Waals surface area contributed by atoms with Crippen molar-refractivity contribution in [2.24, 2.45) is 0 Å². The lowest BCUT2D eigenvalue weighted by atomic mass is 10.2. The molecule has 4 nitrogen and oxygen atoms in total. The van der Waals surface area contributed by atoms with Crippen molar-refractivity contribution in [3.8, 4) is 0 Å². The van der Waals surface area contributed by atoms with Gasteiger partial charge in [-0.1, -0.05) is 36.9 Å². The smallest absolute Gasteiger partial charge is 0.303 e. The fourth-order valence-electron chi connectivity index (χ4n) is 1.76. The molecule has 0 saturated heterocycles. The molecule has 0 bridgehead atoms. The summed E-state index contributed by atoms with van der Waals surface area (Å²) in [6.07, 6.45) is 6.72. The van der Waals surface area contributed by atoms with Gasteiger partial charge in [-0.2, -0.15) is 0 Å². The number of hydrogen-bond acceptors (Lipinski definition) is 3. The van der Waals surface area contributed by atoms with E-state index in [9.17, 15) is 4.79 Å². The molecule has 0 amide bonds. The number of aliphatic carboxylic acids is 1. The zero-order valence-corrected chi connectivity index (χ0v) is 13.5. The highest BCUT2D eigenvalue weighted by Crippen LogP contribution is 2.08. The molecule has 0 spiro atoms. The summed E-state index contributed by atoms with van der Waals surface area (Å²) < 4.78 is 11.2. The molecule has 1 aromatic rings. The van der Waals surface area contributed by atoms with Crippen LogP contribution >= 0.6 is 0 Å². The maximum atomic E-state index is 10.4. The van der Waals surface area contributed by atoms with Crippen molar-refractivity contribution in [2.75, 3.05) is 6.61 Å². The summed E-state index contributed by atoms with van der Waals surface area (Å²) in [4.78, 5) is 10.4. The first kappa shape index (κ1) is 18.6. The number of hydrogen-bond donors (Lipinski definition) is 1. The first-order valence-corrected chi connectivity index (χ1v) is 7.64. The van der Waals surface area contributed by atoms with Gasteiger partial charge in [-0.05, 0) is 43.6 Å². The van der Waals surface area contributed by atoms with E-state index in [1.54, 1.807) is 12.2 Å². The largest absolute Gasteiger partial charge is 0.494 e. The number of unbranched alkanes of at least 4 members (excludes halogenated alkanes) is 1. The van der Waals surface area contributed by atoms with Gasteiger partial charge < -0.3 is 14.6 Å². The zero-order chi connectivity index (χ0) is 16.9. The molecule has 0 fully saturated rings. The van der Waals surface area contributed by atoms with E-state index in [0.717, 1.165) is 11.3 Å².